The fourth-order valence-electron chi connectivity index (χ4n) is 3.21. The maximum atomic E-state index is 12.7. The number of methoxy groups -OCH3 is 1. The van der Waals surface area contributed by atoms with E-state index in [2.05, 4.69) is 10.1 Å². The maximum Gasteiger partial charge on any atom is 0.387 e. The van der Waals surface area contributed by atoms with Crippen LogP contribution in [-0.4, -0.2) is 58.0 Å². The number of hydrogen-bond acceptors (Lipinski definition) is 7. The van der Waals surface area contributed by atoms with Gasteiger partial charge in [-0.15, -0.1) is 0 Å². The van der Waals surface area contributed by atoms with Crippen molar-refractivity contribution in [2.75, 3.05) is 32.1 Å². The van der Waals surface area contributed by atoms with Gasteiger partial charge in [0.1, 0.15) is 0 Å². The van der Waals surface area contributed by atoms with Gasteiger partial charge in [-0.3, -0.25) is 4.79 Å². The number of nitrogens with one attached hydrogen (secondary N) is 1. The molecule has 1 amide bonds. The van der Waals surface area contributed by atoms with Crippen molar-refractivity contribution in [3.8, 4) is 11.5 Å². The van der Waals surface area contributed by atoms with Gasteiger partial charge in [0.15, 0.2) is 18.1 Å². The van der Waals surface area contributed by atoms with Gasteiger partial charge in [-0.1, -0.05) is 6.07 Å². The van der Waals surface area contributed by atoms with Crippen molar-refractivity contribution in [2.45, 2.75) is 24.3 Å². The normalized spacial score (nSPS) is 14.2. The van der Waals surface area contributed by atoms with Crippen LogP contribution in [0.2, 0.25) is 0 Å². The van der Waals surface area contributed by atoms with Crippen LogP contribution >= 0.6 is 0 Å². The summed E-state index contributed by atoms with van der Waals surface area (Å²) in [6.45, 7) is -2.81. The lowest BCUT2D eigenvalue weighted by atomic mass is 10.2. The first kappa shape index (κ1) is 24.4. The van der Waals surface area contributed by atoms with Crippen LogP contribution in [0.15, 0.2) is 47.4 Å². The summed E-state index contributed by atoms with van der Waals surface area (Å²) in [5.74, 6) is -1.95. The highest BCUT2D eigenvalue weighted by molar-refractivity contribution is 7.89. The molecule has 0 spiro atoms. The van der Waals surface area contributed by atoms with E-state index in [0.717, 1.165) is 25.0 Å². The summed E-state index contributed by atoms with van der Waals surface area (Å²) in [4.78, 5) is 24.4. The molecule has 12 heteroatoms. The van der Waals surface area contributed by atoms with Crippen LogP contribution in [-0.2, 0) is 19.6 Å². The molecule has 33 heavy (non-hydrogen) atoms. The molecule has 2 aromatic rings. The molecule has 1 saturated heterocycles. The summed E-state index contributed by atoms with van der Waals surface area (Å²) in [5, 5.41) is 2.48. The van der Waals surface area contributed by atoms with E-state index in [0.29, 0.717) is 13.1 Å². The molecular weight excluding hydrogens is 462 g/mol. The van der Waals surface area contributed by atoms with Crippen molar-refractivity contribution in [1.82, 2.24) is 4.31 Å². The topological polar surface area (TPSA) is 111 Å². The zero-order chi connectivity index (χ0) is 24.0. The molecule has 1 heterocycles. The second-order valence-electron chi connectivity index (χ2n) is 7.01. The average molecular weight is 484 g/mol. The van der Waals surface area contributed by atoms with Crippen LogP contribution < -0.4 is 14.8 Å². The van der Waals surface area contributed by atoms with E-state index in [1.807, 2.05) is 0 Å². The van der Waals surface area contributed by atoms with Crippen LogP contribution in [0.1, 0.15) is 23.2 Å². The van der Waals surface area contributed by atoms with Crippen molar-refractivity contribution < 1.29 is 41.0 Å². The Morgan fingerprint density at radius 1 is 1.09 bits per heavy atom. The number of ether oxygens (including phenoxy) is 3. The monoisotopic (exact) mass is 484 g/mol. The Balaban J connectivity index is 1.60. The number of sulfonamides is 1. The molecule has 9 nitrogen and oxygen atoms in total. The predicted molar refractivity (Wildman–Crippen MR) is 113 cm³/mol. The lowest BCUT2D eigenvalue weighted by Gasteiger charge is -2.16. The first-order valence-electron chi connectivity index (χ1n) is 9.91. The minimum Gasteiger partial charge on any atom is -0.493 e. The van der Waals surface area contributed by atoms with E-state index in [9.17, 15) is 26.8 Å². The number of esters is 1. The summed E-state index contributed by atoms with van der Waals surface area (Å²) < 4.78 is 65.7. The Labute approximate surface area is 189 Å². The molecule has 3 rings (SSSR count). The van der Waals surface area contributed by atoms with Gasteiger partial charge in [-0.2, -0.15) is 13.1 Å². The van der Waals surface area contributed by atoms with Crippen molar-refractivity contribution in [3.05, 3.63) is 48.0 Å². The van der Waals surface area contributed by atoms with Crippen LogP contribution in [0.3, 0.4) is 0 Å². The summed E-state index contributed by atoms with van der Waals surface area (Å²) in [7, 11) is -2.43. The summed E-state index contributed by atoms with van der Waals surface area (Å²) >= 11 is 0. The molecule has 1 N–H and O–H groups in total. The third-order valence-electron chi connectivity index (χ3n) is 4.77. The smallest absolute Gasteiger partial charge is 0.387 e. The molecule has 0 bridgehead atoms. The predicted octanol–water partition coefficient (Wildman–Crippen LogP) is 2.88. The molecule has 2 aromatic carbocycles. The summed E-state index contributed by atoms with van der Waals surface area (Å²) in [6, 6.07) is 9.24. The number of carbonyl (C=O) groups excluding carboxylic acids is 2. The van der Waals surface area contributed by atoms with Gasteiger partial charge in [0.05, 0.1) is 17.6 Å². The van der Waals surface area contributed by atoms with Gasteiger partial charge < -0.3 is 19.5 Å². The highest BCUT2D eigenvalue weighted by atomic mass is 32.2. The van der Waals surface area contributed by atoms with Gasteiger partial charge in [-0.05, 0) is 49.2 Å². The molecule has 0 saturated carbocycles. The molecular formula is C21H22F2N2O7S. The quantitative estimate of drug-likeness (QED) is 0.545. The van der Waals surface area contributed by atoms with Crippen molar-refractivity contribution in [1.29, 1.82) is 0 Å². The standard InChI is InChI=1S/C21H22F2N2O7S/c1-30-18-11-14(7-8-17(18)32-21(22)23)20(27)31-13-19(26)24-15-5-4-6-16(12-15)33(28,29)25-9-2-3-10-25/h4-8,11-12,21H,2-3,9-10,13H2,1H3,(H,24,26). The van der Waals surface area contributed by atoms with Crippen molar-refractivity contribution in [3.63, 3.8) is 0 Å². The maximum absolute atomic E-state index is 12.7. The number of amides is 1. The van der Waals surface area contributed by atoms with Gasteiger partial charge >= 0.3 is 12.6 Å². The number of hydrogen-bond donors (Lipinski definition) is 1. The number of carbonyl (C=O) groups is 2. The first-order valence-corrected chi connectivity index (χ1v) is 11.3. The molecule has 0 radical (unpaired) electrons. The Kier molecular flexibility index (Phi) is 7.82. The number of rotatable bonds is 9. The van der Waals surface area contributed by atoms with Gasteiger partial charge in [0, 0.05) is 18.8 Å². The molecule has 1 aliphatic rings. The highest BCUT2D eigenvalue weighted by Gasteiger charge is 2.27. The van der Waals surface area contributed by atoms with Crippen LogP contribution in [0.5, 0.6) is 11.5 Å². The fourth-order valence-corrected chi connectivity index (χ4v) is 4.77. The lowest BCUT2D eigenvalue weighted by Crippen LogP contribution is -2.28. The third-order valence-corrected chi connectivity index (χ3v) is 6.66. The molecule has 0 aromatic heterocycles. The van der Waals surface area contributed by atoms with Crippen molar-refractivity contribution in [2.24, 2.45) is 0 Å². The minimum atomic E-state index is -3.65. The molecule has 0 unspecified atom stereocenters. The van der Waals surface area contributed by atoms with Gasteiger partial charge in [0.2, 0.25) is 10.0 Å². The van der Waals surface area contributed by atoms with E-state index in [1.54, 1.807) is 0 Å². The number of alkyl halides is 2. The summed E-state index contributed by atoms with van der Waals surface area (Å²) in [6.07, 6.45) is 1.60. The zero-order valence-electron chi connectivity index (χ0n) is 17.6. The Hall–Kier alpha value is -3.25. The van der Waals surface area contributed by atoms with Gasteiger partial charge in [0.25, 0.3) is 5.91 Å². The Morgan fingerprint density at radius 3 is 2.48 bits per heavy atom. The minimum absolute atomic E-state index is 0.0417. The fraction of sp³-hybridized carbons (Fsp3) is 0.333. The molecule has 0 atom stereocenters. The number of benzene rings is 2. The number of anilines is 1. The van der Waals surface area contributed by atoms with Crippen LogP contribution in [0.25, 0.3) is 0 Å². The molecule has 0 aliphatic carbocycles. The zero-order valence-corrected chi connectivity index (χ0v) is 18.4. The summed E-state index contributed by atoms with van der Waals surface area (Å²) in [5.41, 5.74) is 0.187. The van der Waals surface area contributed by atoms with E-state index in [1.165, 1.54) is 41.7 Å². The lowest BCUT2D eigenvalue weighted by molar-refractivity contribution is -0.119. The number of nitrogens with zero attached hydrogens (tertiary/aromatic N) is 1. The second-order valence-corrected chi connectivity index (χ2v) is 8.95. The van der Waals surface area contributed by atoms with E-state index in [4.69, 9.17) is 9.47 Å². The highest BCUT2D eigenvalue weighted by Crippen LogP contribution is 2.29. The van der Waals surface area contributed by atoms with Gasteiger partial charge in [-0.25, -0.2) is 13.2 Å². The molecule has 178 valence electrons. The van der Waals surface area contributed by atoms with Crippen molar-refractivity contribution >= 4 is 27.6 Å². The Morgan fingerprint density at radius 2 is 1.82 bits per heavy atom. The number of halogens is 2. The molecule has 1 aliphatic heterocycles. The molecule has 1 fully saturated rings. The Bertz CT molecular complexity index is 1120. The largest absolute Gasteiger partial charge is 0.493 e. The van der Waals surface area contributed by atoms with Crippen LogP contribution in [0, 0.1) is 0 Å². The second kappa shape index (κ2) is 10.6. The third kappa shape index (κ3) is 6.17. The van der Waals surface area contributed by atoms with E-state index in [-0.39, 0.29) is 27.6 Å². The van der Waals surface area contributed by atoms with E-state index >= 15 is 0 Å². The average Bonchev–Trinajstić information content (AvgIpc) is 3.33. The van der Waals surface area contributed by atoms with E-state index < -0.39 is 35.1 Å². The van der Waals surface area contributed by atoms with Crippen LogP contribution in [0.4, 0.5) is 14.5 Å². The first-order chi connectivity index (χ1) is 15.7. The SMILES string of the molecule is COc1cc(C(=O)OCC(=O)Nc2cccc(S(=O)(=O)N3CCCC3)c2)ccc1OC(F)F.